The van der Waals surface area contributed by atoms with Crippen LogP contribution in [0.25, 0.3) is 11.3 Å². The first-order chi connectivity index (χ1) is 13.0. The summed E-state index contributed by atoms with van der Waals surface area (Å²) < 4.78 is 0.972. The Bertz CT molecular complexity index is 1030. The molecule has 2 N–H and O–H groups in total. The lowest BCUT2D eigenvalue weighted by molar-refractivity contribution is -0.116. The van der Waals surface area contributed by atoms with Gasteiger partial charge in [0.05, 0.1) is 5.69 Å². The minimum atomic E-state index is -0.189. The number of anilines is 1. The van der Waals surface area contributed by atoms with Crippen LogP contribution in [-0.4, -0.2) is 27.1 Å². The summed E-state index contributed by atoms with van der Waals surface area (Å²) in [5.41, 5.74) is 2.79. The maximum absolute atomic E-state index is 12.2. The van der Waals surface area contributed by atoms with E-state index in [-0.39, 0.29) is 17.9 Å². The number of hydrogen-bond donors (Lipinski definition) is 2. The summed E-state index contributed by atoms with van der Waals surface area (Å²) in [4.78, 5) is 35.9. The van der Waals surface area contributed by atoms with Crippen molar-refractivity contribution < 1.29 is 4.79 Å². The van der Waals surface area contributed by atoms with E-state index in [4.69, 9.17) is 0 Å². The summed E-state index contributed by atoms with van der Waals surface area (Å²) in [6, 6.07) is 7.82. The highest BCUT2D eigenvalue weighted by atomic mass is 79.9. The molecule has 0 fully saturated rings. The number of nitrogens with one attached hydrogen (secondary N) is 2. The highest BCUT2D eigenvalue weighted by molar-refractivity contribution is 9.10. The number of aromatic amines is 1. The van der Waals surface area contributed by atoms with E-state index in [9.17, 15) is 9.59 Å². The first-order valence-corrected chi connectivity index (χ1v) is 11.0. The van der Waals surface area contributed by atoms with Gasteiger partial charge in [-0.15, -0.1) is 11.3 Å². The maximum Gasteiger partial charge on any atom is 0.254 e. The molecule has 1 amide bonds. The van der Waals surface area contributed by atoms with Crippen LogP contribution in [0.2, 0.25) is 0 Å². The Hall–Kier alpha value is -1.97. The Morgan fingerprint density at radius 3 is 2.89 bits per heavy atom. The largest absolute Gasteiger partial charge is 0.302 e. The Labute approximate surface area is 173 Å². The van der Waals surface area contributed by atoms with E-state index < -0.39 is 0 Å². The van der Waals surface area contributed by atoms with E-state index in [2.05, 4.69) is 36.2 Å². The van der Waals surface area contributed by atoms with Crippen LogP contribution in [0.4, 0.5) is 5.13 Å². The van der Waals surface area contributed by atoms with E-state index in [0.29, 0.717) is 28.0 Å². The van der Waals surface area contributed by atoms with E-state index in [1.165, 1.54) is 23.1 Å². The van der Waals surface area contributed by atoms with Gasteiger partial charge in [0.15, 0.2) is 10.3 Å². The van der Waals surface area contributed by atoms with Gasteiger partial charge in [-0.1, -0.05) is 39.8 Å². The number of thiazole rings is 1. The zero-order valence-corrected chi connectivity index (χ0v) is 17.9. The fraction of sp³-hybridized carbons (Fsp3) is 0.222. The predicted molar refractivity (Wildman–Crippen MR) is 114 cm³/mol. The summed E-state index contributed by atoms with van der Waals surface area (Å²) in [5.74, 6) is -0.183. The third-order valence-electron chi connectivity index (χ3n) is 3.87. The van der Waals surface area contributed by atoms with Crippen molar-refractivity contribution in [3.8, 4) is 11.3 Å². The topological polar surface area (TPSA) is 87.7 Å². The molecule has 2 heterocycles. The van der Waals surface area contributed by atoms with Crippen LogP contribution in [0.5, 0.6) is 0 Å². The molecule has 0 aliphatic carbocycles. The summed E-state index contributed by atoms with van der Waals surface area (Å²) in [6.45, 7) is 1.79. The predicted octanol–water partition coefficient (Wildman–Crippen LogP) is 4.26. The number of halogens is 1. The fourth-order valence-electron chi connectivity index (χ4n) is 2.51. The molecule has 0 bridgehead atoms. The van der Waals surface area contributed by atoms with Crippen LogP contribution in [0, 0.1) is 6.92 Å². The van der Waals surface area contributed by atoms with E-state index in [1.54, 1.807) is 6.92 Å². The molecule has 6 nitrogen and oxygen atoms in total. The molecule has 3 rings (SSSR count). The minimum absolute atomic E-state index is 0.183. The highest BCUT2D eigenvalue weighted by Gasteiger charge is 2.12. The van der Waals surface area contributed by atoms with Crippen LogP contribution in [0.3, 0.4) is 0 Å². The molecule has 3 aromatic rings. The molecule has 9 heteroatoms. The SMILES string of the molecule is CSc1nc(C)c(CCC(=O)Nc2nc(-c3cccc(Br)c3)cs2)c(=O)[nH]1. The van der Waals surface area contributed by atoms with Gasteiger partial charge in [0.25, 0.3) is 5.56 Å². The zero-order valence-electron chi connectivity index (χ0n) is 14.7. The smallest absolute Gasteiger partial charge is 0.254 e. The number of aryl methyl sites for hydroxylation is 1. The standard InChI is InChI=1S/C18H17BrN4O2S2/c1-10-13(16(25)23-17(20-10)26-2)6-7-15(24)22-18-21-14(9-27-18)11-4-3-5-12(19)8-11/h3-5,8-9H,6-7H2,1-2H3,(H,20,23,25)(H,21,22,24). The number of carbonyl (C=O) groups excluding carboxylic acids is 1. The molecule has 0 unspecified atom stereocenters. The maximum atomic E-state index is 12.2. The van der Waals surface area contributed by atoms with Crippen molar-refractivity contribution in [2.24, 2.45) is 0 Å². The Kier molecular flexibility index (Phi) is 6.46. The minimum Gasteiger partial charge on any atom is -0.302 e. The molecule has 140 valence electrons. The second-order valence-corrected chi connectivity index (χ2v) is 8.30. The lowest BCUT2D eigenvalue weighted by Gasteiger charge is -2.06. The molecule has 27 heavy (non-hydrogen) atoms. The lowest BCUT2D eigenvalue weighted by atomic mass is 10.1. The van der Waals surface area contributed by atoms with E-state index in [1.807, 2.05) is 35.9 Å². The first kappa shape index (κ1) is 19.8. The number of hydrogen-bond acceptors (Lipinski definition) is 6. The van der Waals surface area contributed by atoms with Crippen molar-refractivity contribution in [3.63, 3.8) is 0 Å². The van der Waals surface area contributed by atoms with Crippen LogP contribution >= 0.6 is 39.0 Å². The second-order valence-electron chi connectivity index (χ2n) is 5.74. The Balaban J connectivity index is 1.63. The summed E-state index contributed by atoms with van der Waals surface area (Å²) >= 11 is 6.19. The van der Waals surface area contributed by atoms with E-state index >= 15 is 0 Å². The van der Waals surface area contributed by atoms with Gasteiger partial charge in [0.2, 0.25) is 5.91 Å². The molecule has 0 radical (unpaired) electrons. The Morgan fingerprint density at radius 1 is 1.37 bits per heavy atom. The van der Waals surface area contributed by atoms with Gasteiger partial charge in [0.1, 0.15) is 0 Å². The summed E-state index contributed by atoms with van der Waals surface area (Å²) in [6.07, 6.45) is 2.37. The molecule has 0 spiro atoms. The molecular weight excluding hydrogens is 448 g/mol. The van der Waals surface area contributed by atoms with Crippen LogP contribution in [0.1, 0.15) is 17.7 Å². The third-order valence-corrected chi connectivity index (χ3v) is 5.70. The van der Waals surface area contributed by atoms with Crippen LogP contribution in [-0.2, 0) is 11.2 Å². The number of aromatic nitrogens is 3. The fourth-order valence-corrected chi connectivity index (χ4v) is 4.07. The van der Waals surface area contributed by atoms with Gasteiger partial charge in [-0.05, 0) is 31.7 Å². The Morgan fingerprint density at radius 2 is 2.19 bits per heavy atom. The molecule has 0 aliphatic rings. The van der Waals surface area contributed by atoms with Gasteiger partial charge in [0, 0.05) is 33.1 Å². The number of H-pyrrole nitrogens is 1. The van der Waals surface area contributed by atoms with Crippen molar-refractivity contribution in [1.29, 1.82) is 0 Å². The molecule has 0 saturated heterocycles. The van der Waals surface area contributed by atoms with Crippen molar-refractivity contribution in [1.82, 2.24) is 15.0 Å². The normalized spacial score (nSPS) is 10.8. The van der Waals surface area contributed by atoms with Gasteiger partial charge in [-0.25, -0.2) is 9.97 Å². The third kappa shape index (κ3) is 5.06. The molecule has 0 atom stereocenters. The molecule has 0 saturated carbocycles. The highest BCUT2D eigenvalue weighted by Crippen LogP contribution is 2.27. The van der Waals surface area contributed by atoms with Crippen molar-refractivity contribution in [2.75, 3.05) is 11.6 Å². The molecule has 0 aliphatic heterocycles. The van der Waals surface area contributed by atoms with Gasteiger partial charge >= 0.3 is 0 Å². The quantitative estimate of drug-likeness (QED) is 0.420. The first-order valence-electron chi connectivity index (χ1n) is 8.11. The number of benzene rings is 1. The average Bonchev–Trinajstić information content (AvgIpc) is 3.09. The van der Waals surface area contributed by atoms with Gasteiger partial charge in [-0.3, -0.25) is 9.59 Å². The van der Waals surface area contributed by atoms with Crippen molar-refractivity contribution in [3.05, 3.63) is 55.7 Å². The van der Waals surface area contributed by atoms with Gasteiger partial charge in [-0.2, -0.15) is 0 Å². The average molecular weight is 465 g/mol. The van der Waals surface area contributed by atoms with Gasteiger partial charge < -0.3 is 10.3 Å². The van der Waals surface area contributed by atoms with Crippen molar-refractivity contribution in [2.45, 2.75) is 24.9 Å². The zero-order chi connectivity index (χ0) is 19.4. The second kappa shape index (κ2) is 8.81. The lowest BCUT2D eigenvalue weighted by Crippen LogP contribution is -2.20. The summed E-state index contributed by atoms with van der Waals surface area (Å²) in [7, 11) is 0. The number of amides is 1. The number of rotatable bonds is 6. The monoisotopic (exact) mass is 464 g/mol. The van der Waals surface area contributed by atoms with Crippen LogP contribution < -0.4 is 10.9 Å². The number of carbonyl (C=O) groups is 1. The van der Waals surface area contributed by atoms with Crippen molar-refractivity contribution >= 4 is 50.1 Å². The molecular formula is C18H17BrN4O2S2. The summed E-state index contributed by atoms with van der Waals surface area (Å²) in [5, 5.41) is 5.81. The molecule has 2 aromatic heterocycles. The van der Waals surface area contributed by atoms with E-state index in [0.717, 1.165) is 15.7 Å². The van der Waals surface area contributed by atoms with Crippen LogP contribution in [0.15, 0.2) is 44.1 Å². The molecule has 1 aromatic carbocycles. The number of nitrogens with zero attached hydrogens (tertiary/aromatic N) is 2. The number of thioether (sulfide) groups is 1.